The maximum atomic E-state index is 15.3. The van der Waals surface area contributed by atoms with Crippen LogP contribution in [0.5, 0.6) is 5.75 Å². The van der Waals surface area contributed by atoms with Gasteiger partial charge in [-0.05, 0) is 52.1 Å². The fraction of sp³-hybridized carbons (Fsp3) is 0.440. The quantitative estimate of drug-likeness (QED) is 0.229. The van der Waals surface area contributed by atoms with E-state index in [0.717, 1.165) is 18.0 Å². The number of carbonyl (C=O) groups excluding carboxylic acids is 2. The van der Waals surface area contributed by atoms with Crippen LogP contribution in [0.1, 0.15) is 40.3 Å². The van der Waals surface area contributed by atoms with Gasteiger partial charge in [-0.25, -0.2) is 14.2 Å². The lowest BCUT2D eigenvalue weighted by Crippen LogP contribution is -2.38. The van der Waals surface area contributed by atoms with Crippen LogP contribution in [0.3, 0.4) is 0 Å². The summed E-state index contributed by atoms with van der Waals surface area (Å²) in [5.41, 5.74) is -6.80. The lowest BCUT2D eigenvalue weighted by molar-refractivity contribution is -0.133. The molecule has 3 heterocycles. The number of nitrogens with one attached hydrogen (secondary N) is 2. The van der Waals surface area contributed by atoms with Gasteiger partial charge in [-0.1, -0.05) is 0 Å². The minimum Gasteiger partial charge on any atom is -0.444 e. The SMILES string of the molecule is CC(C)N1CCc2cc(Nc3cc4cc(OS(=O)(=O)C(F)(F)F)c(F)c(NC(=O)OC(C)(C)C)c4cn3)nn2CC1=O. The van der Waals surface area contributed by atoms with Gasteiger partial charge in [0.1, 0.15) is 18.0 Å². The second kappa shape index (κ2) is 10.9. The molecular formula is C25H28F4N6O6S. The number of benzene rings is 1. The average molecular weight is 617 g/mol. The van der Waals surface area contributed by atoms with Crippen LogP contribution in [0.25, 0.3) is 10.8 Å². The van der Waals surface area contributed by atoms with Crippen LogP contribution in [0, 0.1) is 5.82 Å². The molecule has 0 saturated heterocycles. The first-order valence-corrected chi connectivity index (χ1v) is 14.0. The molecule has 42 heavy (non-hydrogen) atoms. The molecule has 0 fully saturated rings. The molecule has 0 saturated carbocycles. The van der Waals surface area contributed by atoms with E-state index in [0.29, 0.717) is 18.8 Å². The van der Waals surface area contributed by atoms with Gasteiger partial charge in [0.05, 0.1) is 5.69 Å². The standard InChI is InChI=1S/C25H28F4N6O6S/c1-13(2)34-7-6-15-10-19(33-35(15)12-20(34)36)31-18-9-14-8-17(41-42(38,39)25(27,28)29)21(26)22(16(14)11-30-18)32-23(37)40-24(3,4)5/h8-11,13H,6-7,12H2,1-5H3,(H,32,37)(H,30,31,33). The van der Waals surface area contributed by atoms with Crippen molar-refractivity contribution < 1.29 is 44.5 Å². The summed E-state index contributed by atoms with van der Waals surface area (Å²) in [4.78, 5) is 30.9. The Bertz CT molecular complexity index is 1650. The zero-order valence-electron chi connectivity index (χ0n) is 23.2. The number of hydrogen-bond donors (Lipinski definition) is 2. The minimum atomic E-state index is -6.25. The number of ether oxygens (including phenoxy) is 1. The van der Waals surface area contributed by atoms with Crippen LogP contribution >= 0.6 is 0 Å². The lowest BCUT2D eigenvalue weighted by Gasteiger charge is -2.24. The second-order valence-corrected chi connectivity index (χ2v) is 12.2. The molecule has 0 spiro atoms. The number of amides is 2. The third-order valence-corrected chi connectivity index (χ3v) is 6.96. The van der Waals surface area contributed by atoms with Crippen LogP contribution in [0.4, 0.5) is 39.7 Å². The van der Waals surface area contributed by atoms with Crippen molar-refractivity contribution in [2.75, 3.05) is 17.2 Å². The lowest BCUT2D eigenvalue weighted by atomic mass is 10.1. The van der Waals surface area contributed by atoms with Gasteiger partial charge in [0, 0.05) is 42.4 Å². The van der Waals surface area contributed by atoms with Gasteiger partial charge in [-0.15, -0.1) is 0 Å². The summed E-state index contributed by atoms with van der Waals surface area (Å²) in [5.74, 6) is -2.62. The largest absolute Gasteiger partial charge is 0.534 e. The molecule has 0 unspecified atom stereocenters. The molecule has 2 N–H and O–H groups in total. The van der Waals surface area contributed by atoms with E-state index < -0.39 is 44.6 Å². The minimum absolute atomic E-state index is 0.0215. The molecule has 2 aromatic heterocycles. The maximum Gasteiger partial charge on any atom is 0.534 e. The molecule has 1 aliphatic heterocycles. The number of carbonyl (C=O) groups is 2. The first kappa shape index (κ1) is 30.8. The topological polar surface area (TPSA) is 145 Å². The van der Waals surface area contributed by atoms with Crippen LogP contribution in [0.15, 0.2) is 24.4 Å². The number of anilines is 3. The first-order chi connectivity index (χ1) is 19.3. The Hall–Kier alpha value is -4.15. The summed E-state index contributed by atoms with van der Waals surface area (Å²) >= 11 is 0. The number of hydrogen-bond acceptors (Lipinski definition) is 9. The fourth-order valence-electron chi connectivity index (χ4n) is 4.18. The van der Waals surface area contributed by atoms with Crippen molar-refractivity contribution in [2.45, 2.75) is 64.7 Å². The molecule has 228 valence electrons. The summed E-state index contributed by atoms with van der Waals surface area (Å²) in [6.45, 7) is 8.94. The van der Waals surface area contributed by atoms with E-state index in [1.807, 2.05) is 13.8 Å². The van der Waals surface area contributed by atoms with Crippen molar-refractivity contribution in [3.05, 3.63) is 35.9 Å². The van der Waals surface area contributed by atoms with E-state index in [2.05, 4.69) is 24.9 Å². The van der Waals surface area contributed by atoms with E-state index in [9.17, 15) is 31.2 Å². The Balaban J connectivity index is 1.71. The summed E-state index contributed by atoms with van der Waals surface area (Å²) in [7, 11) is -6.25. The molecular weight excluding hydrogens is 588 g/mol. The number of rotatable bonds is 6. The van der Waals surface area contributed by atoms with Crippen molar-refractivity contribution in [1.29, 1.82) is 0 Å². The monoisotopic (exact) mass is 616 g/mol. The molecule has 0 aliphatic carbocycles. The highest BCUT2D eigenvalue weighted by Gasteiger charge is 2.49. The van der Waals surface area contributed by atoms with E-state index >= 15 is 4.39 Å². The number of halogens is 4. The van der Waals surface area contributed by atoms with Gasteiger partial charge in [0.15, 0.2) is 17.4 Å². The predicted octanol–water partition coefficient (Wildman–Crippen LogP) is 4.68. The van der Waals surface area contributed by atoms with Crippen molar-refractivity contribution in [3.63, 3.8) is 0 Å². The number of pyridine rings is 1. The first-order valence-electron chi connectivity index (χ1n) is 12.6. The summed E-state index contributed by atoms with van der Waals surface area (Å²) < 4.78 is 88.3. The Labute approximate surface area is 238 Å². The Kier molecular flexibility index (Phi) is 8.01. The third-order valence-electron chi connectivity index (χ3n) is 5.99. The molecule has 17 heteroatoms. The zero-order chi connectivity index (χ0) is 31.2. The highest BCUT2D eigenvalue weighted by atomic mass is 32.2. The molecule has 1 aromatic carbocycles. The molecule has 0 radical (unpaired) electrons. The van der Waals surface area contributed by atoms with Crippen LogP contribution in [-0.2, 0) is 32.6 Å². The van der Waals surface area contributed by atoms with Crippen molar-refractivity contribution in [1.82, 2.24) is 19.7 Å². The van der Waals surface area contributed by atoms with Gasteiger partial charge in [-0.3, -0.25) is 14.8 Å². The van der Waals surface area contributed by atoms with E-state index in [1.54, 1.807) is 15.6 Å². The van der Waals surface area contributed by atoms with Crippen LogP contribution < -0.4 is 14.8 Å². The normalized spacial score (nSPS) is 14.5. The van der Waals surface area contributed by atoms with E-state index in [1.165, 1.54) is 26.8 Å². The molecule has 0 bridgehead atoms. The second-order valence-electron chi connectivity index (χ2n) is 10.7. The molecule has 4 rings (SSSR count). The Morgan fingerprint density at radius 1 is 1.12 bits per heavy atom. The summed E-state index contributed by atoms with van der Waals surface area (Å²) in [6.07, 6.45) is 0.489. The average Bonchev–Trinajstić information content (AvgIpc) is 3.12. The van der Waals surface area contributed by atoms with Crippen LogP contribution in [-0.4, -0.2) is 63.8 Å². The highest BCUT2D eigenvalue weighted by Crippen LogP contribution is 2.37. The smallest absolute Gasteiger partial charge is 0.444 e. The molecule has 3 aromatic rings. The van der Waals surface area contributed by atoms with Crippen molar-refractivity contribution in [3.8, 4) is 5.75 Å². The van der Waals surface area contributed by atoms with Gasteiger partial charge in [0.25, 0.3) is 0 Å². The Morgan fingerprint density at radius 3 is 2.43 bits per heavy atom. The van der Waals surface area contributed by atoms with E-state index in [-0.39, 0.29) is 35.1 Å². The number of fused-ring (bicyclic) bond motifs is 2. The van der Waals surface area contributed by atoms with Crippen LogP contribution in [0.2, 0.25) is 0 Å². The summed E-state index contributed by atoms with van der Waals surface area (Å²) in [5, 5.41) is 9.24. The molecule has 0 atom stereocenters. The maximum absolute atomic E-state index is 15.3. The van der Waals surface area contributed by atoms with E-state index in [4.69, 9.17) is 4.74 Å². The van der Waals surface area contributed by atoms with Crippen molar-refractivity contribution >= 4 is 50.2 Å². The van der Waals surface area contributed by atoms with Gasteiger partial charge < -0.3 is 19.1 Å². The predicted molar refractivity (Wildman–Crippen MR) is 143 cm³/mol. The third kappa shape index (κ3) is 6.66. The summed E-state index contributed by atoms with van der Waals surface area (Å²) in [6, 6.07) is 3.72. The molecule has 12 nitrogen and oxygen atoms in total. The van der Waals surface area contributed by atoms with Gasteiger partial charge in [0.2, 0.25) is 5.91 Å². The fourth-order valence-corrected chi connectivity index (χ4v) is 4.63. The van der Waals surface area contributed by atoms with Gasteiger partial charge in [-0.2, -0.15) is 26.7 Å². The molecule has 2 amide bonds. The Morgan fingerprint density at radius 2 is 1.81 bits per heavy atom. The molecule has 1 aliphatic rings. The van der Waals surface area contributed by atoms with Gasteiger partial charge >= 0.3 is 21.7 Å². The zero-order valence-corrected chi connectivity index (χ0v) is 24.0. The highest BCUT2D eigenvalue weighted by molar-refractivity contribution is 7.88. The number of alkyl halides is 3. The number of nitrogens with zero attached hydrogens (tertiary/aromatic N) is 4. The number of aromatic nitrogens is 3. The van der Waals surface area contributed by atoms with Crippen molar-refractivity contribution in [2.24, 2.45) is 0 Å².